The average Bonchev–Trinajstić information content (AvgIpc) is 3.01. The van der Waals surface area contributed by atoms with Crippen molar-refractivity contribution >= 4 is 77.6 Å². The van der Waals surface area contributed by atoms with Crippen LogP contribution in [0.25, 0.3) is 76.9 Å². The number of hydrogen-bond donors (Lipinski definition) is 0. The van der Waals surface area contributed by atoms with Crippen LogP contribution in [0.1, 0.15) is 22.3 Å². The van der Waals surface area contributed by atoms with E-state index in [-0.39, 0.29) is 0 Å². The summed E-state index contributed by atoms with van der Waals surface area (Å²) in [5.41, 5.74) is 18.5. The number of furan rings is 1. The molecule has 0 spiro atoms. The van der Waals surface area contributed by atoms with Gasteiger partial charge in [-0.25, -0.2) is 0 Å². The maximum absolute atomic E-state index is 8.03. The van der Waals surface area contributed by atoms with E-state index in [1.54, 1.807) is 0 Å². The van der Waals surface area contributed by atoms with Gasteiger partial charge in [-0.3, -0.25) is 0 Å². The first kappa shape index (κ1) is 45.2. The van der Waals surface area contributed by atoms with Crippen molar-refractivity contribution in [2.45, 2.75) is 5.41 Å². The highest BCUT2D eigenvalue weighted by Gasteiger charge is 2.45. The molecule has 3 heteroatoms. The Morgan fingerprint density at radius 2 is 0.667 bits per heavy atom. The van der Waals surface area contributed by atoms with E-state index in [1.165, 1.54) is 27.8 Å². The molecule has 15 rings (SSSR count). The van der Waals surface area contributed by atoms with Gasteiger partial charge in [-0.2, -0.15) is 0 Å². The molecule has 1 aliphatic carbocycles. The van der Waals surface area contributed by atoms with Crippen molar-refractivity contribution < 1.29 is 4.42 Å². The monoisotopic (exact) mass is 994 g/mol. The van der Waals surface area contributed by atoms with Gasteiger partial charge >= 0.3 is 0 Å². The van der Waals surface area contributed by atoms with Gasteiger partial charge < -0.3 is 14.2 Å². The molecule has 1 aliphatic rings. The number of nitrogens with zero attached hydrogens (tertiary/aromatic N) is 2. The van der Waals surface area contributed by atoms with E-state index < -0.39 is 5.41 Å². The van der Waals surface area contributed by atoms with E-state index in [2.05, 4.69) is 313 Å². The highest BCUT2D eigenvalue weighted by atomic mass is 16.3. The van der Waals surface area contributed by atoms with Crippen molar-refractivity contribution in [2.24, 2.45) is 0 Å². The van der Waals surface area contributed by atoms with Crippen molar-refractivity contribution in [3.63, 3.8) is 0 Å². The summed E-state index contributed by atoms with van der Waals surface area (Å²) < 4.78 is 8.03. The zero-order valence-corrected chi connectivity index (χ0v) is 42.7. The second-order valence-corrected chi connectivity index (χ2v) is 20.3. The second-order valence-electron chi connectivity index (χ2n) is 20.3. The van der Waals surface area contributed by atoms with Crippen LogP contribution >= 0.6 is 0 Å². The third kappa shape index (κ3) is 7.13. The van der Waals surface area contributed by atoms with Gasteiger partial charge in [0.25, 0.3) is 0 Å². The lowest BCUT2D eigenvalue weighted by Gasteiger charge is -2.38. The number of fused-ring (bicyclic) bond motifs is 4. The quantitative estimate of drug-likeness (QED) is 0.136. The summed E-state index contributed by atoms with van der Waals surface area (Å²) in [4.78, 5) is 4.84. The van der Waals surface area contributed by atoms with Crippen LogP contribution in [0.4, 0.5) is 34.1 Å². The topological polar surface area (TPSA) is 19.6 Å². The van der Waals surface area contributed by atoms with E-state index in [9.17, 15) is 0 Å². The predicted molar refractivity (Wildman–Crippen MR) is 326 cm³/mol. The molecule has 0 radical (unpaired) electrons. The number of anilines is 6. The van der Waals surface area contributed by atoms with Gasteiger partial charge in [0.15, 0.2) is 11.2 Å². The molecular formula is C75H50N2O. The molecule has 13 aromatic carbocycles. The van der Waals surface area contributed by atoms with Gasteiger partial charge in [-0.15, -0.1) is 0 Å². The standard InChI is InChI=1S/C75H50N2O/c1-5-21-51(22-6-1)53-39-43-59(44-40-53)76(67-37-19-27-55-25-13-15-33-61(55)67)69-49-47-64-63-35-17-18-36-65(63)75(57-29-9-3-10-30-57,58-31-11-4-12-32-58)66-48-50-70(74-72(66)71(64)73(69)78-74)77(68-38-20-28-56-26-14-16-34-62(56)68)60-45-41-54(42-46-60)52-23-7-2-8-24-52/h1-50H. The molecule has 0 aliphatic heterocycles. The van der Waals surface area contributed by atoms with Gasteiger partial charge in [-0.05, 0) is 115 Å². The van der Waals surface area contributed by atoms with Gasteiger partial charge in [0, 0.05) is 32.9 Å². The van der Waals surface area contributed by atoms with Crippen molar-refractivity contribution in [3.8, 4) is 33.4 Å². The second kappa shape index (κ2) is 18.6. The largest absolute Gasteiger partial charge is 0.452 e. The fourth-order valence-corrected chi connectivity index (χ4v) is 12.7. The van der Waals surface area contributed by atoms with Gasteiger partial charge in [-0.1, -0.05) is 255 Å². The summed E-state index contributed by atoms with van der Waals surface area (Å²) >= 11 is 0. The molecule has 14 aromatic rings. The van der Waals surface area contributed by atoms with Crippen LogP contribution in [-0.2, 0) is 5.41 Å². The minimum atomic E-state index is -0.768. The predicted octanol–water partition coefficient (Wildman–Crippen LogP) is 20.5. The molecule has 0 amide bonds. The fraction of sp³-hybridized carbons (Fsp3) is 0.0133. The molecule has 1 heterocycles. The first-order valence-electron chi connectivity index (χ1n) is 26.8. The Morgan fingerprint density at radius 3 is 1.19 bits per heavy atom. The lowest BCUT2D eigenvalue weighted by molar-refractivity contribution is 0.667. The first-order valence-corrected chi connectivity index (χ1v) is 26.8. The lowest BCUT2D eigenvalue weighted by Crippen LogP contribution is -2.31. The zero-order valence-electron chi connectivity index (χ0n) is 42.7. The SMILES string of the molecule is c1ccc(-c2ccc(N(c3cccc4ccccc34)c3ccc4c5c3oc3c(N(c6ccc(-c7ccccc7)cc6)c6cccc7ccccc67)ccc(c35)C(c3ccccc3)(c3ccccc3)c3ccccc3-4)cc2)cc1. The summed E-state index contributed by atoms with van der Waals surface area (Å²) in [5.74, 6) is 0. The van der Waals surface area contributed by atoms with Crippen molar-refractivity contribution in [3.05, 3.63) is 326 Å². The minimum absolute atomic E-state index is 0.768. The number of benzene rings is 13. The molecule has 3 nitrogen and oxygen atoms in total. The maximum Gasteiger partial charge on any atom is 0.160 e. The molecule has 0 saturated heterocycles. The van der Waals surface area contributed by atoms with Crippen molar-refractivity contribution in [1.82, 2.24) is 0 Å². The molecule has 0 unspecified atom stereocenters. The van der Waals surface area contributed by atoms with E-state index in [1.807, 2.05) is 0 Å². The Labute approximate surface area is 453 Å². The average molecular weight is 995 g/mol. The smallest absolute Gasteiger partial charge is 0.160 e. The Morgan fingerprint density at radius 1 is 0.256 bits per heavy atom. The Hall–Kier alpha value is -10.2. The molecule has 0 bridgehead atoms. The number of rotatable bonds is 10. The van der Waals surface area contributed by atoms with Gasteiger partial charge in [0.2, 0.25) is 0 Å². The summed E-state index contributed by atoms with van der Waals surface area (Å²) in [5, 5.41) is 6.75. The Balaban J connectivity index is 1.09. The highest BCUT2D eigenvalue weighted by Crippen LogP contribution is 2.59. The van der Waals surface area contributed by atoms with E-state index in [0.717, 1.165) is 105 Å². The minimum Gasteiger partial charge on any atom is -0.452 e. The van der Waals surface area contributed by atoms with Crippen molar-refractivity contribution in [1.29, 1.82) is 0 Å². The molecular weight excluding hydrogens is 945 g/mol. The first-order chi connectivity index (χ1) is 38.7. The molecule has 0 fully saturated rings. The van der Waals surface area contributed by atoms with Crippen LogP contribution in [0.5, 0.6) is 0 Å². The van der Waals surface area contributed by atoms with E-state index in [0.29, 0.717) is 0 Å². The van der Waals surface area contributed by atoms with Crippen LogP contribution in [0.3, 0.4) is 0 Å². The fourth-order valence-electron chi connectivity index (χ4n) is 12.7. The van der Waals surface area contributed by atoms with Crippen LogP contribution in [-0.4, -0.2) is 0 Å². The molecule has 78 heavy (non-hydrogen) atoms. The van der Waals surface area contributed by atoms with Crippen molar-refractivity contribution in [2.75, 3.05) is 9.80 Å². The number of hydrogen-bond acceptors (Lipinski definition) is 3. The molecule has 366 valence electrons. The van der Waals surface area contributed by atoms with Crippen LogP contribution < -0.4 is 9.80 Å². The zero-order chi connectivity index (χ0) is 51.6. The third-order valence-electron chi connectivity index (χ3n) is 16.1. The third-order valence-corrected chi connectivity index (χ3v) is 16.1. The highest BCUT2D eigenvalue weighted by molar-refractivity contribution is 6.23. The summed E-state index contributed by atoms with van der Waals surface area (Å²) in [7, 11) is 0. The molecule has 0 atom stereocenters. The van der Waals surface area contributed by atoms with Crippen LogP contribution in [0.2, 0.25) is 0 Å². The van der Waals surface area contributed by atoms with Crippen LogP contribution in [0.15, 0.2) is 308 Å². The summed E-state index contributed by atoms with van der Waals surface area (Å²) in [6.07, 6.45) is 0. The van der Waals surface area contributed by atoms with E-state index in [4.69, 9.17) is 4.42 Å². The maximum atomic E-state index is 8.03. The van der Waals surface area contributed by atoms with Gasteiger partial charge in [0.05, 0.1) is 28.2 Å². The van der Waals surface area contributed by atoms with Crippen LogP contribution in [0, 0.1) is 0 Å². The molecule has 0 saturated carbocycles. The lowest BCUT2D eigenvalue weighted by atomic mass is 9.63. The molecule has 0 N–H and O–H groups in total. The van der Waals surface area contributed by atoms with E-state index >= 15 is 0 Å². The Bertz CT molecular complexity index is 4480. The van der Waals surface area contributed by atoms with Gasteiger partial charge in [0.1, 0.15) is 0 Å². The summed E-state index contributed by atoms with van der Waals surface area (Å²) in [6, 6.07) is 111. The normalized spacial score (nSPS) is 12.5. The Kier molecular flexibility index (Phi) is 10.8. The summed E-state index contributed by atoms with van der Waals surface area (Å²) in [6.45, 7) is 0. The molecule has 1 aromatic heterocycles.